The molecule has 1 aliphatic rings. The number of hydrogen-bond donors (Lipinski definition) is 1. The second kappa shape index (κ2) is 6.71. The van der Waals surface area contributed by atoms with E-state index in [0.29, 0.717) is 0 Å². The highest BCUT2D eigenvalue weighted by Crippen LogP contribution is 2.30. The first-order valence-electron chi connectivity index (χ1n) is 7.93. The molecule has 1 N–H and O–H groups in total. The highest BCUT2D eigenvalue weighted by Gasteiger charge is 2.18. The predicted octanol–water partition coefficient (Wildman–Crippen LogP) is 5.45. The third kappa shape index (κ3) is 3.25. The average molecular weight is 370 g/mol. The van der Waals surface area contributed by atoms with Crippen molar-refractivity contribution in [1.82, 2.24) is 5.32 Å². The van der Waals surface area contributed by atoms with Crippen molar-refractivity contribution in [3.8, 4) is 0 Å². The quantitative estimate of drug-likeness (QED) is 0.765. The number of nitrogens with one attached hydrogen (secondary N) is 1. The summed E-state index contributed by atoms with van der Waals surface area (Å²) >= 11 is 3.60. The molecule has 3 rings (SSSR count). The van der Waals surface area contributed by atoms with Crippen LogP contribution < -0.4 is 5.32 Å². The van der Waals surface area contributed by atoms with E-state index < -0.39 is 0 Å². The van der Waals surface area contributed by atoms with E-state index in [4.69, 9.17) is 0 Å². The summed E-state index contributed by atoms with van der Waals surface area (Å²) < 4.78 is 1.07. The first-order chi connectivity index (χ1) is 11.1. The fourth-order valence-electron chi connectivity index (χ4n) is 3.09. The molecule has 118 valence electrons. The zero-order valence-electron chi connectivity index (χ0n) is 13.4. The molecule has 3 heteroatoms. The lowest BCUT2D eigenvalue weighted by atomic mass is 9.96. The van der Waals surface area contributed by atoms with E-state index in [0.717, 1.165) is 34.0 Å². The number of carbonyl (C=O) groups excluding carboxylic acids is 1. The molecule has 0 fully saturated rings. The average Bonchev–Trinajstić information content (AvgIpc) is 2.55. The standard InChI is InChI=1S/C20H20BrNO/c1-13-7-3-4-8-15(13)20(23)22-14(2)16-11-12-19(21)18-10-6-5-9-17(16)18/h5-12,14H,3-4H2,1-2H3,(H,22,23). The van der Waals surface area contributed by atoms with Gasteiger partial charge in [-0.3, -0.25) is 4.79 Å². The molecular weight excluding hydrogens is 350 g/mol. The van der Waals surface area contributed by atoms with Crippen LogP contribution in [0.5, 0.6) is 0 Å². The summed E-state index contributed by atoms with van der Waals surface area (Å²) in [5.74, 6) is 0.0120. The van der Waals surface area contributed by atoms with Gasteiger partial charge in [0, 0.05) is 10.0 Å². The Kier molecular flexibility index (Phi) is 4.67. The van der Waals surface area contributed by atoms with E-state index in [2.05, 4.69) is 45.5 Å². The van der Waals surface area contributed by atoms with Gasteiger partial charge in [-0.25, -0.2) is 0 Å². The van der Waals surface area contributed by atoms with E-state index >= 15 is 0 Å². The van der Waals surface area contributed by atoms with E-state index in [1.807, 2.05) is 38.1 Å². The summed E-state index contributed by atoms with van der Waals surface area (Å²) in [4.78, 5) is 12.6. The number of fused-ring (bicyclic) bond motifs is 1. The topological polar surface area (TPSA) is 29.1 Å². The van der Waals surface area contributed by atoms with Crippen molar-refractivity contribution in [2.24, 2.45) is 0 Å². The molecule has 2 aromatic rings. The van der Waals surface area contributed by atoms with Crippen LogP contribution in [0.25, 0.3) is 10.8 Å². The van der Waals surface area contributed by atoms with Gasteiger partial charge in [-0.2, -0.15) is 0 Å². The maximum atomic E-state index is 12.6. The van der Waals surface area contributed by atoms with Crippen molar-refractivity contribution in [2.45, 2.75) is 32.7 Å². The number of rotatable bonds is 3. The number of carbonyl (C=O) groups is 1. The molecule has 2 nitrogen and oxygen atoms in total. The number of amides is 1. The molecule has 1 amide bonds. The van der Waals surface area contributed by atoms with Gasteiger partial charge in [0.15, 0.2) is 0 Å². The predicted molar refractivity (Wildman–Crippen MR) is 99.3 cm³/mol. The van der Waals surface area contributed by atoms with Gasteiger partial charge in [0.1, 0.15) is 0 Å². The minimum atomic E-state index is -0.0453. The molecule has 1 aliphatic carbocycles. The first kappa shape index (κ1) is 16.0. The van der Waals surface area contributed by atoms with Gasteiger partial charge in [-0.15, -0.1) is 0 Å². The zero-order valence-corrected chi connectivity index (χ0v) is 15.0. The van der Waals surface area contributed by atoms with Gasteiger partial charge in [-0.05, 0) is 54.7 Å². The zero-order chi connectivity index (χ0) is 16.4. The van der Waals surface area contributed by atoms with Gasteiger partial charge in [0.2, 0.25) is 0 Å². The largest absolute Gasteiger partial charge is 0.345 e. The summed E-state index contributed by atoms with van der Waals surface area (Å²) in [5, 5.41) is 5.48. The smallest absolute Gasteiger partial charge is 0.251 e. The van der Waals surface area contributed by atoms with Crippen LogP contribution in [0, 0.1) is 0 Å². The second-order valence-electron chi connectivity index (χ2n) is 5.96. The second-order valence-corrected chi connectivity index (χ2v) is 6.81. The fourth-order valence-corrected chi connectivity index (χ4v) is 3.56. The van der Waals surface area contributed by atoms with Gasteiger partial charge in [0.25, 0.3) is 5.91 Å². The summed E-state index contributed by atoms with van der Waals surface area (Å²) in [7, 11) is 0. The Morgan fingerprint density at radius 1 is 1.09 bits per heavy atom. The number of halogens is 1. The van der Waals surface area contributed by atoms with Crippen LogP contribution in [0.1, 0.15) is 38.3 Å². The third-order valence-electron chi connectivity index (χ3n) is 4.35. The number of benzene rings is 2. The molecular formula is C20H20BrNO. The highest BCUT2D eigenvalue weighted by atomic mass is 79.9. The van der Waals surface area contributed by atoms with Crippen LogP contribution in [0.3, 0.4) is 0 Å². The summed E-state index contributed by atoms with van der Waals surface area (Å²) in [6.07, 6.45) is 6.14. The van der Waals surface area contributed by atoms with Crippen LogP contribution in [0.4, 0.5) is 0 Å². The summed E-state index contributed by atoms with van der Waals surface area (Å²) in [6, 6.07) is 12.3. The Morgan fingerprint density at radius 2 is 1.78 bits per heavy atom. The van der Waals surface area contributed by atoms with E-state index in [1.54, 1.807) is 0 Å². The molecule has 0 radical (unpaired) electrons. The number of allylic oxidation sites excluding steroid dienone is 2. The minimum absolute atomic E-state index is 0.0120. The molecule has 0 bridgehead atoms. The molecule has 2 aromatic carbocycles. The monoisotopic (exact) mass is 369 g/mol. The SMILES string of the molecule is CC1=CCCC=C1C(=O)NC(C)c1ccc(Br)c2ccccc12. The molecule has 0 spiro atoms. The molecule has 23 heavy (non-hydrogen) atoms. The molecule has 0 aliphatic heterocycles. The minimum Gasteiger partial charge on any atom is -0.345 e. The Balaban J connectivity index is 1.88. The summed E-state index contributed by atoms with van der Waals surface area (Å²) in [6.45, 7) is 4.04. The van der Waals surface area contributed by atoms with Gasteiger partial charge in [0.05, 0.1) is 6.04 Å². The maximum Gasteiger partial charge on any atom is 0.251 e. The van der Waals surface area contributed by atoms with Gasteiger partial charge < -0.3 is 5.32 Å². The van der Waals surface area contributed by atoms with Crippen molar-refractivity contribution in [1.29, 1.82) is 0 Å². The normalized spacial score (nSPS) is 15.8. The Bertz CT molecular complexity index is 820. The van der Waals surface area contributed by atoms with Gasteiger partial charge >= 0.3 is 0 Å². The van der Waals surface area contributed by atoms with Crippen molar-refractivity contribution in [3.63, 3.8) is 0 Å². The van der Waals surface area contributed by atoms with Crippen molar-refractivity contribution in [2.75, 3.05) is 0 Å². The first-order valence-corrected chi connectivity index (χ1v) is 8.72. The molecule has 1 atom stereocenters. The summed E-state index contributed by atoms with van der Waals surface area (Å²) in [5.41, 5.74) is 3.02. The lowest BCUT2D eigenvalue weighted by molar-refractivity contribution is -0.117. The lowest BCUT2D eigenvalue weighted by Crippen LogP contribution is -2.29. The Hall–Kier alpha value is -1.87. The number of hydrogen-bond acceptors (Lipinski definition) is 1. The van der Waals surface area contributed by atoms with E-state index in [9.17, 15) is 4.79 Å². The van der Waals surface area contributed by atoms with Crippen LogP contribution in [-0.4, -0.2) is 5.91 Å². The van der Waals surface area contributed by atoms with Crippen molar-refractivity contribution < 1.29 is 4.79 Å². The highest BCUT2D eigenvalue weighted by molar-refractivity contribution is 9.10. The Morgan fingerprint density at radius 3 is 2.52 bits per heavy atom. The molecule has 0 saturated carbocycles. The van der Waals surface area contributed by atoms with Crippen LogP contribution in [0.15, 0.2) is 64.2 Å². The molecule has 1 unspecified atom stereocenters. The lowest BCUT2D eigenvalue weighted by Gasteiger charge is -2.19. The van der Waals surface area contributed by atoms with Crippen LogP contribution >= 0.6 is 15.9 Å². The maximum absolute atomic E-state index is 12.6. The van der Waals surface area contributed by atoms with Crippen molar-refractivity contribution in [3.05, 3.63) is 69.7 Å². The molecule has 0 aromatic heterocycles. The van der Waals surface area contributed by atoms with Crippen LogP contribution in [0.2, 0.25) is 0 Å². The third-order valence-corrected chi connectivity index (χ3v) is 5.05. The molecule has 0 saturated heterocycles. The fraction of sp³-hybridized carbons (Fsp3) is 0.250. The van der Waals surface area contributed by atoms with E-state index in [-0.39, 0.29) is 11.9 Å². The molecule has 0 heterocycles. The van der Waals surface area contributed by atoms with Gasteiger partial charge in [-0.1, -0.05) is 58.4 Å². The van der Waals surface area contributed by atoms with Crippen molar-refractivity contribution >= 4 is 32.6 Å². The van der Waals surface area contributed by atoms with E-state index in [1.165, 1.54) is 10.8 Å². The Labute approximate surface area is 145 Å². The van der Waals surface area contributed by atoms with Crippen LogP contribution in [-0.2, 0) is 4.79 Å².